The number of hydrogen-bond donors (Lipinski definition) is 1. The van der Waals surface area contributed by atoms with Crippen LogP contribution in [0.5, 0.6) is 5.75 Å². The van der Waals surface area contributed by atoms with Crippen molar-refractivity contribution in [2.24, 2.45) is 0 Å². The summed E-state index contributed by atoms with van der Waals surface area (Å²) in [6.45, 7) is 3.76. The predicted octanol–water partition coefficient (Wildman–Crippen LogP) is 3.85. The summed E-state index contributed by atoms with van der Waals surface area (Å²) in [6.07, 6.45) is -6.61. The lowest BCUT2D eigenvalue weighted by atomic mass is 10.0. The molecule has 0 fully saturated rings. The van der Waals surface area contributed by atoms with E-state index in [-0.39, 0.29) is 12.5 Å². The number of ether oxygens (including phenoxy) is 1. The second-order valence-electron chi connectivity index (χ2n) is 4.41. The molecule has 18 heavy (non-hydrogen) atoms. The Morgan fingerprint density at radius 1 is 1.17 bits per heavy atom. The predicted molar refractivity (Wildman–Crippen MR) is 62.5 cm³/mol. The molecule has 0 aliphatic heterocycles. The maximum Gasteiger partial charge on any atom is 0.389 e. The molecule has 0 spiro atoms. The molecule has 0 aliphatic carbocycles. The summed E-state index contributed by atoms with van der Waals surface area (Å²) < 4.78 is 41.4. The minimum atomic E-state index is -4.23. The van der Waals surface area contributed by atoms with Gasteiger partial charge in [-0.2, -0.15) is 13.2 Å². The summed E-state index contributed by atoms with van der Waals surface area (Å²) in [5.41, 5.74) is 0.468. The first-order chi connectivity index (χ1) is 8.28. The van der Waals surface area contributed by atoms with Gasteiger partial charge in [-0.05, 0) is 38.0 Å². The summed E-state index contributed by atoms with van der Waals surface area (Å²) in [7, 11) is 0. The van der Waals surface area contributed by atoms with Gasteiger partial charge in [-0.3, -0.25) is 0 Å². The fraction of sp³-hybridized carbons (Fsp3) is 0.538. The molecule has 2 nitrogen and oxygen atoms in total. The zero-order valence-electron chi connectivity index (χ0n) is 10.4. The highest BCUT2D eigenvalue weighted by molar-refractivity contribution is 5.28. The zero-order valence-corrected chi connectivity index (χ0v) is 10.4. The van der Waals surface area contributed by atoms with Crippen molar-refractivity contribution in [2.75, 3.05) is 0 Å². The number of halogens is 3. The molecule has 0 bridgehead atoms. The van der Waals surface area contributed by atoms with Crippen molar-refractivity contribution in [1.29, 1.82) is 0 Å². The van der Waals surface area contributed by atoms with E-state index in [2.05, 4.69) is 0 Å². The Morgan fingerprint density at radius 3 is 2.17 bits per heavy atom. The van der Waals surface area contributed by atoms with Crippen molar-refractivity contribution in [2.45, 2.75) is 45.1 Å². The molecule has 1 aromatic rings. The van der Waals surface area contributed by atoms with Gasteiger partial charge in [-0.1, -0.05) is 12.1 Å². The summed E-state index contributed by atoms with van der Waals surface area (Å²) in [6, 6.07) is 6.45. The number of aliphatic hydroxyl groups excluding tert-OH is 1. The van der Waals surface area contributed by atoms with Crippen molar-refractivity contribution in [1.82, 2.24) is 0 Å². The zero-order chi connectivity index (χ0) is 13.8. The Morgan fingerprint density at radius 2 is 1.72 bits per heavy atom. The fourth-order valence-corrected chi connectivity index (χ4v) is 1.51. The van der Waals surface area contributed by atoms with Gasteiger partial charge in [0.05, 0.1) is 12.2 Å². The first-order valence-electron chi connectivity index (χ1n) is 5.79. The van der Waals surface area contributed by atoms with E-state index in [0.29, 0.717) is 11.3 Å². The molecule has 0 saturated heterocycles. The Balaban J connectivity index is 2.56. The lowest BCUT2D eigenvalue weighted by Gasteiger charge is -2.14. The molecule has 0 saturated carbocycles. The smallest absolute Gasteiger partial charge is 0.389 e. The summed E-state index contributed by atoms with van der Waals surface area (Å²) >= 11 is 0. The van der Waals surface area contributed by atoms with E-state index in [9.17, 15) is 18.3 Å². The summed E-state index contributed by atoms with van der Waals surface area (Å²) in [5, 5.41) is 9.62. The van der Waals surface area contributed by atoms with E-state index in [1.807, 2.05) is 13.8 Å². The number of hydrogen-bond acceptors (Lipinski definition) is 2. The van der Waals surface area contributed by atoms with Crippen LogP contribution in [0, 0.1) is 0 Å². The molecule has 102 valence electrons. The molecular weight excluding hydrogens is 245 g/mol. The third-order valence-corrected chi connectivity index (χ3v) is 2.34. The SMILES string of the molecule is CC(C)Oc1ccc(C(O)CCC(F)(F)F)cc1. The molecule has 1 atom stereocenters. The van der Waals surface area contributed by atoms with Crippen molar-refractivity contribution in [3.63, 3.8) is 0 Å². The monoisotopic (exact) mass is 262 g/mol. The lowest BCUT2D eigenvalue weighted by Crippen LogP contribution is -2.10. The maximum atomic E-state index is 12.0. The molecular formula is C13H17F3O2. The first kappa shape index (κ1) is 14.8. The van der Waals surface area contributed by atoms with Crippen LogP contribution >= 0.6 is 0 Å². The van der Waals surface area contributed by atoms with Gasteiger partial charge in [-0.15, -0.1) is 0 Å². The summed E-state index contributed by atoms with van der Waals surface area (Å²) in [4.78, 5) is 0. The summed E-state index contributed by atoms with van der Waals surface area (Å²) in [5.74, 6) is 0.636. The Labute approximate surface area is 104 Å². The highest BCUT2D eigenvalue weighted by atomic mass is 19.4. The van der Waals surface area contributed by atoms with E-state index < -0.39 is 18.7 Å². The van der Waals surface area contributed by atoms with Crippen molar-refractivity contribution >= 4 is 0 Å². The molecule has 0 radical (unpaired) electrons. The molecule has 0 aromatic heterocycles. The van der Waals surface area contributed by atoms with Gasteiger partial charge in [0, 0.05) is 6.42 Å². The lowest BCUT2D eigenvalue weighted by molar-refractivity contribution is -0.140. The van der Waals surface area contributed by atoms with Crippen molar-refractivity contribution in [3.8, 4) is 5.75 Å². The number of rotatable bonds is 5. The van der Waals surface area contributed by atoms with E-state index in [1.165, 1.54) is 0 Å². The van der Waals surface area contributed by atoms with Gasteiger partial charge in [0.15, 0.2) is 0 Å². The van der Waals surface area contributed by atoms with Crippen molar-refractivity contribution in [3.05, 3.63) is 29.8 Å². The van der Waals surface area contributed by atoms with Crippen LogP contribution in [-0.2, 0) is 0 Å². The standard InChI is InChI=1S/C13H17F3O2/c1-9(2)18-11-5-3-10(4-6-11)12(17)7-8-13(14,15)16/h3-6,9,12,17H,7-8H2,1-2H3. The largest absolute Gasteiger partial charge is 0.491 e. The van der Waals surface area contributed by atoms with E-state index in [4.69, 9.17) is 4.74 Å². The van der Waals surface area contributed by atoms with Gasteiger partial charge in [-0.25, -0.2) is 0 Å². The maximum absolute atomic E-state index is 12.0. The quantitative estimate of drug-likeness (QED) is 0.873. The highest BCUT2D eigenvalue weighted by Crippen LogP contribution is 2.28. The Bertz CT molecular complexity index is 357. The molecule has 1 rings (SSSR count). The number of alkyl halides is 3. The molecule has 1 N–H and O–H groups in total. The molecule has 1 unspecified atom stereocenters. The van der Waals surface area contributed by atoms with Gasteiger partial charge in [0.1, 0.15) is 5.75 Å². The van der Waals surface area contributed by atoms with E-state index in [1.54, 1.807) is 24.3 Å². The molecule has 0 heterocycles. The van der Waals surface area contributed by atoms with Crippen LogP contribution in [0.2, 0.25) is 0 Å². The molecule has 0 aliphatic rings. The highest BCUT2D eigenvalue weighted by Gasteiger charge is 2.28. The van der Waals surface area contributed by atoms with Crippen LogP contribution in [0.3, 0.4) is 0 Å². The van der Waals surface area contributed by atoms with Gasteiger partial charge in [0.25, 0.3) is 0 Å². The van der Waals surface area contributed by atoms with Crippen LogP contribution in [0.4, 0.5) is 13.2 Å². The third-order valence-electron chi connectivity index (χ3n) is 2.34. The van der Waals surface area contributed by atoms with Crippen LogP contribution < -0.4 is 4.74 Å². The normalized spacial score (nSPS) is 13.7. The van der Waals surface area contributed by atoms with Gasteiger partial charge < -0.3 is 9.84 Å². The molecule has 0 amide bonds. The third kappa shape index (κ3) is 5.40. The van der Waals surface area contributed by atoms with Crippen molar-refractivity contribution < 1.29 is 23.0 Å². The minimum absolute atomic E-state index is 0.0333. The van der Waals surface area contributed by atoms with Gasteiger partial charge >= 0.3 is 6.18 Å². The topological polar surface area (TPSA) is 29.5 Å². The second-order valence-corrected chi connectivity index (χ2v) is 4.41. The van der Waals surface area contributed by atoms with E-state index >= 15 is 0 Å². The van der Waals surface area contributed by atoms with Crippen LogP contribution in [0.1, 0.15) is 38.4 Å². The first-order valence-corrected chi connectivity index (χ1v) is 5.79. The number of benzene rings is 1. The second kappa shape index (κ2) is 6.09. The number of aliphatic hydroxyl groups is 1. The molecule has 1 aromatic carbocycles. The van der Waals surface area contributed by atoms with E-state index in [0.717, 1.165) is 0 Å². The van der Waals surface area contributed by atoms with Crippen LogP contribution in [0.25, 0.3) is 0 Å². The molecule has 5 heteroatoms. The fourth-order valence-electron chi connectivity index (χ4n) is 1.51. The van der Waals surface area contributed by atoms with Gasteiger partial charge in [0.2, 0.25) is 0 Å². The van der Waals surface area contributed by atoms with Crippen LogP contribution in [0.15, 0.2) is 24.3 Å². The minimum Gasteiger partial charge on any atom is -0.491 e. The average molecular weight is 262 g/mol. The Hall–Kier alpha value is -1.23. The average Bonchev–Trinajstić information content (AvgIpc) is 2.25. The Kier molecular flexibility index (Phi) is 5.02. The van der Waals surface area contributed by atoms with Crippen LogP contribution in [-0.4, -0.2) is 17.4 Å².